The number of aromatic nitrogens is 1. The first-order valence-electron chi connectivity index (χ1n) is 11.6. The number of benzene rings is 1. The Morgan fingerprint density at radius 2 is 1.86 bits per heavy atom. The summed E-state index contributed by atoms with van der Waals surface area (Å²) in [4.78, 5) is 36.7. The van der Waals surface area contributed by atoms with Gasteiger partial charge in [-0.1, -0.05) is 55.5 Å². The van der Waals surface area contributed by atoms with Gasteiger partial charge in [0.2, 0.25) is 5.91 Å². The minimum atomic E-state index is -0.305. The van der Waals surface area contributed by atoms with Gasteiger partial charge in [0.15, 0.2) is 0 Å². The van der Waals surface area contributed by atoms with Crippen LogP contribution in [0.25, 0.3) is 6.08 Å². The first-order valence-corrected chi connectivity index (χ1v) is 11.6. The second-order valence-electron chi connectivity index (χ2n) is 8.41. The zero-order chi connectivity index (χ0) is 25.7. The number of carboxylic acid groups (broad SMARTS) is 2. The molecule has 188 valence electrons. The number of pyridine rings is 1. The molecule has 2 aromatic rings. The van der Waals surface area contributed by atoms with E-state index in [0.29, 0.717) is 24.4 Å². The van der Waals surface area contributed by atoms with Crippen molar-refractivity contribution in [3.63, 3.8) is 0 Å². The van der Waals surface area contributed by atoms with E-state index in [9.17, 15) is 4.79 Å². The van der Waals surface area contributed by atoms with Gasteiger partial charge in [-0.2, -0.15) is 0 Å². The number of hydrogen-bond donors (Lipinski definition) is 4. The van der Waals surface area contributed by atoms with E-state index in [2.05, 4.69) is 58.5 Å². The van der Waals surface area contributed by atoms with E-state index in [0.717, 1.165) is 31.4 Å². The van der Waals surface area contributed by atoms with E-state index in [1.165, 1.54) is 12.0 Å². The summed E-state index contributed by atoms with van der Waals surface area (Å²) in [6.45, 7) is 2.98. The van der Waals surface area contributed by atoms with Crippen molar-refractivity contribution in [1.82, 2.24) is 15.2 Å². The molecule has 0 radical (unpaired) electrons. The Morgan fingerprint density at radius 1 is 1.17 bits per heavy atom. The molecular weight excluding hydrogens is 448 g/mol. The van der Waals surface area contributed by atoms with E-state index >= 15 is 0 Å². The fourth-order valence-corrected chi connectivity index (χ4v) is 5.19. The van der Waals surface area contributed by atoms with Crippen LogP contribution in [0.1, 0.15) is 43.7 Å². The lowest BCUT2D eigenvalue weighted by molar-refractivity contribution is -0.133. The first-order chi connectivity index (χ1) is 17.0. The van der Waals surface area contributed by atoms with Crippen LogP contribution in [0.3, 0.4) is 0 Å². The SMILES string of the molecule is CC[C@@]1(C(=O)NCc2cccnc2N)C[C@@H]2CC[C@H]1N2CC=Cc1ccccc1.O=CO.O=CO. The van der Waals surface area contributed by atoms with E-state index in [1.807, 2.05) is 18.2 Å². The number of anilines is 1. The average molecular weight is 483 g/mol. The minimum absolute atomic E-state index is 0.160. The van der Waals surface area contributed by atoms with Crippen molar-refractivity contribution in [3.05, 3.63) is 65.9 Å². The smallest absolute Gasteiger partial charge is 0.290 e. The Labute approximate surface area is 205 Å². The lowest BCUT2D eigenvalue weighted by Gasteiger charge is -2.35. The summed E-state index contributed by atoms with van der Waals surface area (Å²) in [5.74, 6) is 0.645. The Hall–Kier alpha value is -3.72. The minimum Gasteiger partial charge on any atom is -0.483 e. The average Bonchev–Trinajstić information content (AvgIpc) is 3.40. The third-order valence-electron chi connectivity index (χ3n) is 6.76. The quantitative estimate of drug-likeness (QED) is 0.441. The number of nitrogens with zero attached hydrogens (tertiary/aromatic N) is 2. The van der Waals surface area contributed by atoms with Gasteiger partial charge in [-0.05, 0) is 37.3 Å². The van der Waals surface area contributed by atoms with Gasteiger partial charge in [-0.3, -0.25) is 19.3 Å². The number of amides is 1. The van der Waals surface area contributed by atoms with Gasteiger partial charge in [-0.25, -0.2) is 4.98 Å². The lowest BCUT2D eigenvalue weighted by Crippen LogP contribution is -2.48. The first kappa shape index (κ1) is 27.5. The molecule has 2 aliphatic rings. The molecule has 2 fully saturated rings. The predicted octanol–water partition coefficient (Wildman–Crippen LogP) is 3.03. The summed E-state index contributed by atoms with van der Waals surface area (Å²) >= 11 is 0. The van der Waals surface area contributed by atoms with Crippen molar-refractivity contribution in [2.45, 2.75) is 51.2 Å². The van der Waals surface area contributed by atoms with Gasteiger partial charge in [0.25, 0.3) is 12.9 Å². The predicted molar refractivity (Wildman–Crippen MR) is 134 cm³/mol. The van der Waals surface area contributed by atoms with Crippen LogP contribution in [-0.2, 0) is 20.9 Å². The van der Waals surface area contributed by atoms with Crippen molar-refractivity contribution < 1.29 is 24.6 Å². The van der Waals surface area contributed by atoms with Crippen LogP contribution in [0, 0.1) is 5.41 Å². The second-order valence-corrected chi connectivity index (χ2v) is 8.41. The maximum absolute atomic E-state index is 13.3. The molecule has 0 saturated carbocycles. The van der Waals surface area contributed by atoms with Crippen LogP contribution in [-0.4, -0.2) is 57.6 Å². The Kier molecular flexibility index (Phi) is 10.9. The largest absolute Gasteiger partial charge is 0.483 e. The molecule has 9 nitrogen and oxygen atoms in total. The molecule has 35 heavy (non-hydrogen) atoms. The number of rotatable bonds is 7. The highest BCUT2D eigenvalue weighted by atomic mass is 16.3. The van der Waals surface area contributed by atoms with Gasteiger partial charge in [-0.15, -0.1) is 0 Å². The Bertz CT molecular complexity index is 979. The molecule has 2 bridgehead atoms. The van der Waals surface area contributed by atoms with Crippen LogP contribution < -0.4 is 11.1 Å². The molecule has 0 spiro atoms. The highest BCUT2D eigenvalue weighted by Crippen LogP contribution is 2.51. The number of nitrogen functional groups attached to an aromatic ring is 1. The van der Waals surface area contributed by atoms with Crippen molar-refractivity contribution in [1.29, 1.82) is 0 Å². The molecule has 5 N–H and O–H groups in total. The summed E-state index contributed by atoms with van der Waals surface area (Å²) in [5, 5.41) is 16.9. The summed E-state index contributed by atoms with van der Waals surface area (Å²) in [6, 6.07) is 15.0. The molecule has 3 atom stereocenters. The lowest BCUT2D eigenvalue weighted by atomic mass is 9.71. The van der Waals surface area contributed by atoms with Crippen molar-refractivity contribution in [3.8, 4) is 0 Å². The molecule has 4 rings (SSSR count). The number of carbonyl (C=O) groups excluding carboxylic acids is 1. The highest BCUT2D eigenvalue weighted by Gasteiger charge is 2.58. The molecule has 3 heterocycles. The summed E-state index contributed by atoms with van der Waals surface area (Å²) < 4.78 is 0. The normalized spacial score (nSPS) is 22.4. The topological polar surface area (TPSA) is 146 Å². The molecule has 1 amide bonds. The standard InChI is InChI=1S/C24H30N4O.2CH2O2/c1-2-24(23(29)27-17-19-11-6-14-26-22(19)25)16-20-12-13-21(24)28(20)15-7-10-18-8-4-3-5-9-18;2*2-1-3/h3-11,14,20-21H,2,12-13,15-17H2,1H3,(H2,25,26)(H,27,29);2*1H,(H,2,3)/t20-,21+,24+;;/m0../s1. The fraction of sp³-hybridized carbons (Fsp3) is 0.385. The third kappa shape index (κ3) is 6.89. The van der Waals surface area contributed by atoms with Gasteiger partial charge in [0, 0.05) is 36.9 Å². The van der Waals surface area contributed by atoms with Gasteiger partial charge in [0.05, 0.1) is 5.41 Å². The highest BCUT2D eigenvalue weighted by molar-refractivity contribution is 5.84. The maximum atomic E-state index is 13.3. The van der Waals surface area contributed by atoms with Crippen LogP contribution in [0.15, 0.2) is 54.7 Å². The summed E-state index contributed by atoms with van der Waals surface area (Å²) in [6.07, 6.45) is 10.2. The Balaban J connectivity index is 0.000000655. The van der Waals surface area contributed by atoms with Crippen molar-refractivity contribution in [2.75, 3.05) is 12.3 Å². The fourth-order valence-electron chi connectivity index (χ4n) is 5.19. The van der Waals surface area contributed by atoms with E-state index in [-0.39, 0.29) is 24.3 Å². The number of carbonyl (C=O) groups is 3. The zero-order valence-corrected chi connectivity index (χ0v) is 19.9. The second kappa shape index (κ2) is 13.9. The van der Waals surface area contributed by atoms with E-state index < -0.39 is 0 Å². The maximum Gasteiger partial charge on any atom is 0.290 e. The number of fused-ring (bicyclic) bond motifs is 2. The number of nitrogens with two attached hydrogens (primary N) is 1. The molecule has 1 aromatic heterocycles. The van der Waals surface area contributed by atoms with E-state index in [1.54, 1.807) is 6.20 Å². The molecule has 1 aromatic carbocycles. The molecule has 2 aliphatic heterocycles. The monoisotopic (exact) mass is 482 g/mol. The van der Waals surface area contributed by atoms with Crippen LogP contribution in [0.4, 0.5) is 5.82 Å². The van der Waals surface area contributed by atoms with Crippen LogP contribution in [0.5, 0.6) is 0 Å². The summed E-state index contributed by atoms with van der Waals surface area (Å²) in [5.41, 5.74) is 7.72. The van der Waals surface area contributed by atoms with Crippen LogP contribution >= 0.6 is 0 Å². The third-order valence-corrected chi connectivity index (χ3v) is 6.76. The molecular formula is C26H34N4O5. The van der Waals surface area contributed by atoms with Gasteiger partial charge in [0.1, 0.15) is 5.82 Å². The number of nitrogens with one attached hydrogen (secondary N) is 1. The van der Waals surface area contributed by atoms with Crippen molar-refractivity contribution in [2.24, 2.45) is 5.41 Å². The molecule has 0 aliphatic carbocycles. The van der Waals surface area contributed by atoms with Gasteiger partial charge >= 0.3 is 0 Å². The number of hydrogen-bond acceptors (Lipinski definition) is 6. The summed E-state index contributed by atoms with van der Waals surface area (Å²) in [7, 11) is 0. The van der Waals surface area contributed by atoms with Crippen molar-refractivity contribution >= 4 is 30.7 Å². The van der Waals surface area contributed by atoms with E-state index in [4.69, 9.17) is 25.5 Å². The molecule has 0 unspecified atom stereocenters. The zero-order valence-electron chi connectivity index (χ0n) is 19.9. The Morgan fingerprint density at radius 3 is 2.49 bits per heavy atom. The van der Waals surface area contributed by atoms with Crippen LogP contribution in [0.2, 0.25) is 0 Å². The molecule has 2 saturated heterocycles. The van der Waals surface area contributed by atoms with Gasteiger partial charge < -0.3 is 21.3 Å². The molecule has 9 heteroatoms.